The zero-order valence-corrected chi connectivity index (χ0v) is 14.1. The maximum atomic E-state index is 12.0. The quantitative estimate of drug-likeness (QED) is 0.578. The molecule has 0 aliphatic heterocycles. The lowest BCUT2D eigenvalue weighted by Crippen LogP contribution is -2.07. The highest BCUT2D eigenvalue weighted by Crippen LogP contribution is 2.20. The number of carbonyl (C=O) groups excluding carboxylic acids is 1. The first-order valence-electron chi connectivity index (χ1n) is 8.05. The number of amides is 1. The lowest BCUT2D eigenvalue weighted by molar-refractivity contribution is -0.111. The van der Waals surface area contributed by atoms with Gasteiger partial charge in [-0.3, -0.25) is 13.9 Å². The molecule has 0 aliphatic carbocycles. The number of carbonyl (C=O) groups is 1. The molecule has 0 atom stereocenters. The number of imidazole rings is 1. The summed E-state index contributed by atoms with van der Waals surface area (Å²) in [5.41, 5.74) is 3.38. The summed E-state index contributed by atoms with van der Waals surface area (Å²) in [4.78, 5) is 20.7. The minimum absolute atomic E-state index is 0.196. The summed E-state index contributed by atoms with van der Waals surface area (Å²) >= 11 is 0. The Morgan fingerprint density at radius 3 is 2.77 bits per heavy atom. The molecule has 1 N–H and O–H groups in total. The Morgan fingerprint density at radius 2 is 2.04 bits per heavy atom. The summed E-state index contributed by atoms with van der Waals surface area (Å²) in [7, 11) is 1.83. The van der Waals surface area contributed by atoms with Crippen LogP contribution in [-0.2, 0) is 11.8 Å². The normalized spacial score (nSPS) is 11.3. The lowest BCUT2D eigenvalue weighted by atomic mass is 10.1. The van der Waals surface area contributed by atoms with Gasteiger partial charge >= 0.3 is 0 Å². The maximum Gasteiger partial charge on any atom is 0.248 e. The third kappa shape index (κ3) is 3.36. The van der Waals surface area contributed by atoms with E-state index in [1.54, 1.807) is 23.2 Å². The van der Waals surface area contributed by atoms with Gasteiger partial charge in [0.15, 0.2) is 0 Å². The summed E-state index contributed by atoms with van der Waals surface area (Å²) in [6.07, 6.45) is 12.3. The molecule has 128 valence electrons. The Morgan fingerprint density at radius 1 is 1.19 bits per heavy atom. The Hall–Kier alpha value is -3.74. The maximum absolute atomic E-state index is 12.0. The fourth-order valence-electron chi connectivity index (χ4n) is 2.58. The molecule has 1 aromatic carbocycles. The predicted octanol–water partition coefficient (Wildman–Crippen LogP) is 2.78. The summed E-state index contributed by atoms with van der Waals surface area (Å²) < 4.78 is 3.55. The first-order valence-corrected chi connectivity index (χ1v) is 8.05. The molecule has 4 aromatic rings. The molecule has 0 fully saturated rings. The summed E-state index contributed by atoms with van der Waals surface area (Å²) in [6, 6.07) is 9.39. The van der Waals surface area contributed by atoms with Crippen LogP contribution in [0.15, 0.2) is 67.4 Å². The topological polar surface area (TPSA) is 77.1 Å². The van der Waals surface area contributed by atoms with Crippen molar-refractivity contribution >= 4 is 23.4 Å². The SMILES string of the molecule is Cn1cc(C=CC(=O)Nc2ccc(-c3cn4cccnc4n3)cc2)cn1. The van der Waals surface area contributed by atoms with E-state index in [1.807, 2.05) is 60.4 Å². The van der Waals surface area contributed by atoms with E-state index >= 15 is 0 Å². The fraction of sp³-hybridized carbons (Fsp3) is 0.0526. The minimum atomic E-state index is -0.196. The highest BCUT2D eigenvalue weighted by molar-refractivity contribution is 6.02. The number of aromatic nitrogens is 5. The van der Waals surface area contributed by atoms with Crippen LogP contribution < -0.4 is 5.32 Å². The van der Waals surface area contributed by atoms with Crippen LogP contribution in [0.2, 0.25) is 0 Å². The molecular formula is C19H16N6O. The van der Waals surface area contributed by atoms with Crippen LogP contribution in [0.5, 0.6) is 0 Å². The molecule has 3 aromatic heterocycles. The van der Waals surface area contributed by atoms with Gasteiger partial charge in [0.1, 0.15) is 0 Å². The monoisotopic (exact) mass is 344 g/mol. The van der Waals surface area contributed by atoms with Crippen molar-refractivity contribution in [2.75, 3.05) is 5.32 Å². The minimum Gasteiger partial charge on any atom is -0.323 e. The van der Waals surface area contributed by atoms with Crippen molar-refractivity contribution in [3.8, 4) is 11.3 Å². The third-order valence-corrected chi connectivity index (χ3v) is 3.84. The van der Waals surface area contributed by atoms with E-state index in [9.17, 15) is 4.79 Å². The highest BCUT2D eigenvalue weighted by Gasteiger charge is 2.05. The van der Waals surface area contributed by atoms with Gasteiger partial charge in [-0.05, 0) is 24.3 Å². The fourth-order valence-corrected chi connectivity index (χ4v) is 2.58. The zero-order valence-electron chi connectivity index (χ0n) is 14.1. The van der Waals surface area contributed by atoms with Gasteiger partial charge in [0, 0.05) is 54.7 Å². The van der Waals surface area contributed by atoms with Crippen molar-refractivity contribution in [3.05, 3.63) is 73.0 Å². The van der Waals surface area contributed by atoms with Crippen molar-refractivity contribution in [1.29, 1.82) is 0 Å². The number of nitrogens with one attached hydrogen (secondary N) is 1. The van der Waals surface area contributed by atoms with E-state index in [0.717, 1.165) is 22.5 Å². The predicted molar refractivity (Wildman–Crippen MR) is 99.3 cm³/mol. The van der Waals surface area contributed by atoms with Crippen molar-refractivity contribution in [3.63, 3.8) is 0 Å². The van der Waals surface area contributed by atoms with Crippen LogP contribution in [0.3, 0.4) is 0 Å². The molecule has 26 heavy (non-hydrogen) atoms. The smallest absolute Gasteiger partial charge is 0.248 e. The molecule has 1 amide bonds. The van der Waals surface area contributed by atoms with E-state index in [4.69, 9.17) is 0 Å². The second kappa shape index (κ2) is 6.64. The van der Waals surface area contributed by atoms with E-state index in [2.05, 4.69) is 20.4 Å². The van der Waals surface area contributed by atoms with Gasteiger partial charge < -0.3 is 5.32 Å². The van der Waals surface area contributed by atoms with Gasteiger partial charge in [0.2, 0.25) is 11.7 Å². The van der Waals surface area contributed by atoms with E-state index in [-0.39, 0.29) is 5.91 Å². The Labute approximate surface area is 149 Å². The van der Waals surface area contributed by atoms with Crippen LogP contribution >= 0.6 is 0 Å². The number of benzene rings is 1. The average Bonchev–Trinajstić information content (AvgIpc) is 3.26. The van der Waals surface area contributed by atoms with E-state index in [1.165, 1.54) is 6.08 Å². The molecule has 0 aliphatic rings. The van der Waals surface area contributed by atoms with Crippen LogP contribution in [0, 0.1) is 0 Å². The van der Waals surface area contributed by atoms with Gasteiger partial charge in [0.05, 0.1) is 11.9 Å². The Kier molecular flexibility index (Phi) is 4.03. The number of fused-ring (bicyclic) bond motifs is 1. The summed E-state index contributed by atoms with van der Waals surface area (Å²) in [5.74, 6) is 0.457. The highest BCUT2D eigenvalue weighted by atomic mass is 16.1. The number of anilines is 1. The van der Waals surface area contributed by atoms with Crippen molar-refractivity contribution in [1.82, 2.24) is 24.1 Å². The number of hydrogen-bond donors (Lipinski definition) is 1. The number of hydrogen-bond acceptors (Lipinski definition) is 4. The van der Waals surface area contributed by atoms with Crippen LogP contribution in [0.25, 0.3) is 23.1 Å². The molecule has 7 heteroatoms. The van der Waals surface area contributed by atoms with Gasteiger partial charge in [-0.15, -0.1) is 0 Å². The molecule has 7 nitrogen and oxygen atoms in total. The van der Waals surface area contributed by atoms with Gasteiger partial charge in [-0.1, -0.05) is 12.1 Å². The average molecular weight is 344 g/mol. The van der Waals surface area contributed by atoms with Gasteiger partial charge in [-0.2, -0.15) is 5.10 Å². The molecule has 0 saturated heterocycles. The molecule has 0 unspecified atom stereocenters. The second-order valence-electron chi connectivity index (χ2n) is 5.80. The van der Waals surface area contributed by atoms with E-state index < -0.39 is 0 Å². The Balaban J connectivity index is 1.45. The van der Waals surface area contributed by atoms with Crippen molar-refractivity contribution < 1.29 is 4.79 Å². The largest absolute Gasteiger partial charge is 0.323 e. The first kappa shape index (κ1) is 15.8. The number of rotatable bonds is 4. The van der Waals surface area contributed by atoms with Crippen molar-refractivity contribution in [2.45, 2.75) is 0 Å². The van der Waals surface area contributed by atoms with Crippen molar-refractivity contribution in [2.24, 2.45) is 7.05 Å². The molecule has 4 rings (SSSR count). The van der Waals surface area contributed by atoms with Gasteiger partial charge in [0.25, 0.3) is 0 Å². The first-order chi connectivity index (χ1) is 12.7. The van der Waals surface area contributed by atoms with Crippen LogP contribution in [0.4, 0.5) is 5.69 Å². The number of aryl methyl sites for hydroxylation is 1. The third-order valence-electron chi connectivity index (χ3n) is 3.84. The second-order valence-corrected chi connectivity index (χ2v) is 5.80. The number of nitrogens with zero attached hydrogens (tertiary/aromatic N) is 5. The lowest BCUT2D eigenvalue weighted by Gasteiger charge is -2.03. The Bertz CT molecular complexity index is 1060. The zero-order chi connectivity index (χ0) is 17.9. The molecule has 0 saturated carbocycles. The van der Waals surface area contributed by atoms with Crippen LogP contribution in [0.1, 0.15) is 5.56 Å². The molecule has 0 bridgehead atoms. The van der Waals surface area contributed by atoms with E-state index in [0.29, 0.717) is 5.78 Å². The molecule has 0 spiro atoms. The summed E-state index contributed by atoms with van der Waals surface area (Å²) in [5, 5.41) is 6.89. The summed E-state index contributed by atoms with van der Waals surface area (Å²) in [6.45, 7) is 0. The molecular weight excluding hydrogens is 328 g/mol. The van der Waals surface area contributed by atoms with Gasteiger partial charge in [-0.25, -0.2) is 9.97 Å². The standard InChI is InChI=1S/C19H16N6O/c1-24-12-14(11-21-24)3-8-18(26)22-16-6-4-15(5-7-16)17-13-25-10-2-9-20-19(25)23-17/h2-13H,1H3,(H,22,26). The molecule has 0 radical (unpaired) electrons. The van der Waals surface area contributed by atoms with Crippen LogP contribution in [-0.4, -0.2) is 30.1 Å². The molecule has 3 heterocycles.